The molecule has 0 bridgehead atoms. The molecule has 0 spiro atoms. The van der Waals surface area contributed by atoms with Crippen LogP contribution in [0.5, 0.6) is 0 Å². The molecular weight excluding hydrogens is 226 g/mol. The van der Waals surface area contributed by atoms with Gasteiger partial charge in [0.15, 0.2) is 0 Å². The molecule has 0 aromatic heterocycles. The lowest BCUT2D eigenvalue weighted by atomic mass is 9.75. The van der Waals surface area contributed by atoms with E-state index < -0.39 is 0 Å². The van der Waals surface area contributed by atoms with Gasteiger partial charge in [0, 0.05) is 24.0 Å². The van der Waals surface area contributed by atoms with Gasteiger partial charge in [-0.25, -0.2) is 0 Å². The average molecular weight is 253 g/mol. The number of carbonyl (C=O) groups excluding carboxylic acids is 1. The lowest BCUT2D eigenvalue weighted by molar-refractivity contribution is -0.127. The van der Waals surface area contributed by atoms with Gasteiger partial charge in [-0.05, 0) is 59.0 Å². The maximum atomic E-state index is 12.1. The molecule has 0 radical (unpaired) electrons. The maximum absolute atomic E-state index is 12.1. The van der Waals surface area contributed by atoms with Gasteiger partial charge in [0.1, 0.15) is 0 Å². The van der Waals surface area contributed by atoms with Crippen LogP contribution in [0.25, 0.3) is 0 Å². The zero-order valence-electron chi connectivity index (χ0n) is 11.7. The van der Waals surface area contributed by atoms with E-state index >= 15 is 0 Å². The lowest BCUT2D eigenvalue weighted by Crippen LogP contribution is -2.57. The Kier molecular flexibility index (Phi) is 4.28. The highest BCUT2D eigenvalue weighted by molar-refractivity contribution is 5.78. The smallest absolute Gasteiger partial charge is 0.223 e. The third kappa shape index (κ3) is 2.86. The molecule has 2 aliphatic carbocycles. The summed E-state index contributed by atoms with van der Waals surface area (Å²) in [7, 11) is 4.23. The number of hydrogen-bond donors (Lipinski definition) is 2. The van der Waals surface area contributed by atoms with Gasteiger partial charge in [-0.15, -0.1) is 0 Å². The molecule has 0 heterocycles. The summed E-state index contributed by atoms with van der Waals surface area (Å²) in [5.41, 5.74) is 6.10. The number of amides is 1. The fraction of sp³-hybridized carbons (Fsp3) is 0.929. The molecule has 0 aromatic carbocycles. The van der Waals surface area contributed by atoms with E-state index in [-0.39, 0.29) is 17.4 Å². The predicted molar refractivity (Wildman–Crippen MR) is 73.2 cm³/mol. The Bertz CT molecular complexity index is 291. The van der Waals surface area contributed by atoms with Gasteiger partial charge >= 0.3 is 0 Å². The zero-order chi connectivity index (χ0) is 13.2. The molecule has 0 atom stereocenters. The first-order valence-corrected chi connectivity index (χ1v) is 7.24. The van der Waals surface area contributed by atoms with E-state index in [1.54, 1.807) is 0 Å². The minimum Gasteiger partial charge on any atom is -0.354 e. The molecule has 4 heteroatoms. The van der Waals surface area contributed by atoms with Crippen molar-refractivity contribution in [1.82, 2.24) is 10.2 Å². The molecule has 2 fully saturated rings. The minimum atomic E-state index is 0.198. The summed E-state index contributed by atoms with van der Waals surface area (Å²) in [5, 5.41) is 3.17. The molecule has 0 unspecified atom stereocenters. The Morgan fingerprint density at radius 3 is 2.33 bits per heavy atom. The van der Waals surface area contributed by atoms with Crippen LogP contribution in [0.3, 0.4) is 0 Å². The van der Waals surface area contributed by atoms with Gasteiger partial charge in [-0.3, -0.25) is 4.79 Å². The van der Waals surface area contributed by atoms with Crippen LogP contribution in [0.2, 0.25) is 0 Å². The summed E-state index contributed by atoms with van der Waals surface area (Å²) in [4.78, 5) is 14.4. The fourth-order valence-corrected chi connectivity index (χ4v) is 3.14. The van der Waals surface area contributed by atoms with Crippen LogP contribution in [-0.4, -0.2) is 43.0 Å². The van der Waals surface area contributed by atoms with Gasteiger partial charge in [-0.2, -0.15) is 0 Å². The summed E-state index contributed by atoms with van der Waals surface area (Å²) in [6, 6.07) is 0.314. The molecule has 2 saturated carbocycles. The van der Waals surface area contributed by atoms with Gasteiger partial charge in [0.25, 0.3) is 0 Å². The second kappa shape index (κ2) is 5.57. The van der Waals surface area contributed by atoms with E-state index in [0.717, 1.165) is 32.2 Å². The highest BCUT2D eigenvalue weighted by Crippen LogP contribution is 2.35. The molecule has 4 nitrogen and oxygen atoms in total. The van der Waals surface area contributed by atoms with Crippen LogP contribution in [0.4, 0.5) is 0 Å². The molecule has 1 amide bonds. The van der Waals surface area contributed by atoms with Crippen LogP contribution >= 0.6 is 0 Å². The Hall–Kier alpha value is -0.610. The highest BCUT2D eigenvalue weighted by Gasteiger charge is 2.39. The van der Waals surface area contributed by atoms with Crippen LogP contribution in [0.1, 0.15) is 44.9 Å². The van der Waals surface area contributed by atoms with E-state index in [9.17, 15) is 4.79 Å². The van der Waals surface area contributed by atoms with Crippen molar-refractivity contribution in [3.63, 3.8) is 0 Å². The topological polar surface area (TPSA) is 58.4 Å². The monoisotopic (exact) mass is 253 g/mol. The largest absolute Gasteiger partial charge is 0.354 e. The normalized spacial score (nSPS) is 30.9. The summed E-state index contributed by atoms with van der Waals surface area (Å²) < 4.78 is 0. The Morgan fingerprint density at radius 1 is 1.28 bits per heavy atom. The quantitative estimate of drug-likeness (QED) is 0.789. The fourth-order valence-electron chi connectivity index (χ4n) is 3.14. The number of carbonyl (C=O) groups is 1. The summed E-state index contributed by atoms with van der Waals surface area (Å²) >= 11 is 0. The van der Waals surface area contributed by atoms with Crippen molar-refractivity contribution >= 4 is 5.91 Å². The summed E-state index contributed by atoms with van der Waals surface area (Å²) in [5.74, 6) is 0.444. The van der Waals surface area contributed by atoms with Gasteiger partial charge in [0.05, 0.1) is 0 Å². The molecule has 0 aliphatic heterocycles. The summed E-state index contributed by atoms with van der Waals surface area (Å²) in [6.07, 6.45) is 7.61. The van der Waals surface area contributed by atoms with E-state index in [1.165, 1.54) is 19.3 Å². The number of nitrogens with zero attached hydrogens (tertiary/aromatic N) is 1. The minimum absolute atomic E-state index is 0.198. The Morgan fingerprint density at radius 2 is 1.89 bits per heavy atom. The van der Waals surface area contributed by atoms with Crippen molar-refractivity contribution in [3.8, 4) is 0 Å². The maximum Gasteiger partial charge on any atom is 0.223 e. The van der Waals surface area contributed by atoms with E-state index in [1.807, 2.05) is 0 Å². The number of rotatable bonds is 4. The first-order valence-electron chi connectivity index (χ1n) is 7.24. The first-order chi connectivity index (χ1) is 8.53. The third-order valence-corrected chi connectivity index (χ3v) is 4.97. The van der Waals surface area contributed by atoms with E-state index in [0.29, 0.717) is 6.04 Å². The van der Waals surface area contributed by atoms with Crippen LogP contribution in [-0.2, 0) is 4.79 Å². The van der Waals surface area contributed by atoms with Gasteiger partial charge in [-0.1, -0.05) is 0 Å². The average Bonchev–Trinajstić information content (AvgIpc) is 2.27. The molecule has 2 rings (SSSR count). The first kappa shape index (κ1) is 13.8. The van der Waals surface area contributed by atoms with Crippen molar-refractivity contribution < 1.29 is 4.79 Å². The van der Waals surface area contributed by atoms with Gasteiger partial charge < -0.3 is 16.0 Å². The number of nitrogens with one attached hydrogen (secondary N) is 1. The standard InChI is InChI=1S/C14H27N3O/c1-17(2)14(8-3-9-14)10-16-13(18)11-4-6-12(15)7-5-11/h11-12H,3-10,15H2,1-2H3,(H,16,18). The van der Waals surface area contributed by atoms with Crippen LogP contribution in [0, 0.1) is 5.92 Å². The predicted octanol–water partition coefficient (Wildman–Crippen LogP) is 1.10. The van der Waals surface area contributed by atoms with Crippen LogP contribution < -0.4 is 11.1 Å². The molecular formula is C14H27N3O. The molecule has 0 aromatic rings. The molecule has 2 aliphatic rings. The van der Waals surface area contributed by atoms with Crippen molar-refractivity contribution in [2.24, 2.45) is 11.7 Å². The van der Waals surface area contributed by atoms with Gasteiger partial charge in [0.2, 0.25) is 5.91 Å². The molecule has 0 saturated heterocycles. The van der Waals surface area contributed by atoms with Crippen molar-refractivity contribution in [2.75, 3.05) is 20.6 Å². The SMILES string of the molecule is CN(C)C1(CNC(=O)C2CCC(N)CC2)CCC1. The van der Waals surface area contributed by atoms with Crippen LogP contribution in [0.15, 0.2) is 0 Å². The number of nitrogens with two attached hydrogens (primary N) is 1. The van der Waals surface area contributed by atoms with Crippen molar-refractivity contribution in [2.45, 2.75) is 56.5 Å². The second-order valence-corrected chi connectivity index (χ2v) is 6.30. The molecule has 18 heavy (non-hydrogen) atoms. The second-order valence-electron chi connectivity index (χ2n) is 6.30. The third-order valence-electron chi connectivity index (χ3n) is 4.97. The van der Waals surface area contributed by atoms with E-state index in [2.05, 4.69) is 24.3 Å². The van der Waals surface area contributed by atoms with Crippen molar-refractivity contribution in [3.05, 3.63) is 0 Å². The molecule has 3 N–H and O–H groups in total. The number of hydrogen-bond acceptors (Lipinski definition) is 3. The summed E-state index contributed by atoms with van der Waals surface area (Å²) in [6.45, 7) is 0.807. The van der Waals surface area contributed by atoms with E-state index in [4.69, 9.17) is 5.73 Å². The zero-order valence-corrected chi connectivity index (χ0v) is 11.7. The number of likely N-dealkylation sites (N-methyl/N-ethyl adjacent to an activating group) is 1. The Labute approximate surface area is 110 Å². The highest BCUT2D eigenvalue weighted by atomic mass is 16.1. The lowest BCUT2D eigenvalue weighted by Gasteiger charge is -2.47. The van der Waals surface area contributed by atoms with Crippen molar-refractivity contribution in [1.29, 1.82) is 0 Å². The Balaban J connectivity index is 1.77. The molecule has 104 valence electrons.